The third-order valence-electron chi connectivity index (χ3n) is 3.70. The molecule has 0 amide bonds. The fourth-order valence-electron chi connectivity index (χ4n) is 2.67. The molecular formula is C17H17BrO2. The van der Waals surface area contributed by atoms with Crippen LogP contribution in [0.2, 0.25) is 0 Å². The lowest BCUT2D eigenvalue weighted by atomic mass is 9.95. The average molecular weight is 333 g/mol. The fraction of sp³-hybridized carbons (Fsp3) is 0.294. The number of aliphatic hydroxyl groups excluding tert-OH is 1. The lowest BCUT2D eigenvalue weighted by molar-refractivity contribution is 0.206. The summed E-state index contributed by atoms with van der Waals surface area (Å²) in [6, 6.07) is 12.0. The summed E-state index contributed by atoms with van der Waals surface area (Å²) in [5.41, 5.74) is 4.06. The van der Waals surface area contributed by atoms with Gasteiger partial charge >= 0.3 is 0 Å². The first-order valence-corrected chi connectivity index (χ1v) is 7.65. The van der Waals surface area contributed by atoms with Crippen LogP contribution in [0, 0.1) is 6.92 Å². The van der Waals surface area contributed by atoms with Crippen molar-refractivity contribution in [2.24, 2.45) is 0 Å². The highest BCUT2D eigenvalue weighted by Crippen LogP contribution is 2.37. The van der Waals surface area contributed by atoms with Crippen molar-refractivity contribution in [2.75, 3.05) is 6.61 Å². The number of aliphatic hydroxyl groups is 1. The van der Waals surface area contributed by atoms with Crippen LogP contribution in [-0.2, 0) is 6.42 Å². The number of benzene rings is 2. The van der Waals surface area contributed by atoms with E-state index in [-0.39, 0.29) is 0 Å². The van der Waals surface area contributed by atoms with Gasteiger partial charge in [0.2, 0.25) is 0 Å². The van der Waals surface area contributed by atoms with Crippen LogP contribution in [0.4, 0.5) is 0 Å². The minimum absolute atomic E-state index is 0.669. The van der Waals surface area contributed by atoms with Crippen LogP contribution in [0.5, 0.6) is 5.75 Å². The molecule has 0 fully saturated rings. The maximum Gasteiger partial charge on any atom is 0.128 e. The van der Waals surface area contributed by atoms with Gasteiger partial charge in [-0.15, -0.1) is 0 Å². The van der Waals surface area contributed by atoms with Gasteiger partial charge in [0, 0.05) is 10.0 Å². The van der Waals surface area contributed by atoms with E-state index in [1.807, 2.05) is 37.3 Å². The van der Waals surface area contributed by atoms with E-state index < -0.39 is 6.10 Å². The van der Waals surface area contributed by atoms with Gasteiger partial charge in [0.15, 0.2) is 0 Å². The first kappa shape index (κ1) is 13.7. The number of hydrogen-bond acceptors (Lipinski definition) is 2. The molecular weight excluding hydrogens is 316 g/mol. The van der Waals surface area contributed by atoms with Crippen molar-refractivity contribution < 1.29 is 9.84 Å². The van der Waals surface area contributed by atoms with E-state index >= 15 is 0 Å². The van der Waals surface area contributed by atoms with Gasteiger partial charge in [-0.1, -0.05) is 51.8 Å². The quantitative estimate of drug-likeness (QED) is 0.894. The molecule has 1 N–H and O–H groups in total. The fourth-order valence-corrected chi connectivity index (χ4v) is 3.13. The summed E-state index contributed by atoms with van der Waals surface area (Å²) in [7, 11) is 0. The van der Waals surface area contributed by atoms with E-state index in [4.69, 9.17) is 4.74 Å². The zero-order valence-corrected chi connectivity index (χ0v) is 13.0. The number of rotatable bonds is 2. The van der Waals surface area contributed by atoms with Gasteiger partial charge in [-0.3, -0.25) is 0 Å². The Morgan fingerprint density at radius 3 is 2.90 bits per heavy atom. The summed E-state index contributed by atoms with van der Waals surface area (Å²) in [6.45, 7) is 2.76. The minimum Gasteiger partial charge on any atom is -0.493 e. The van der Waals surface area contributed by atoms with E-state index in [0.717, 1.165) is 46.4 Å². The molecule has 3 heteroatoms. The SMILES string of the molecule is Cc1ccc(Br)c(C(O)c2cccc3c2OCCC3)c1. The van der Waals surface area contributed by atoms with Crippen molar-refractivity contribution in [3.05, 3.63) is 63.1 Å². The van der Waals surface area contributed by atoms with E-state index in [1.54, 1.807) is 0 Å². The Bertz CT molecular complexity index is 637. The molecule has 1 aliphatic rings. The smallest absolute Gasteiger partial charge is 0.128 e. The van der Waals surface area contributed by atoms with Gasteiger partial charge in [0.1, 0.15) is 11.9 Å². The van der Waals surface area contributed by atoms with Gasteiger partial charge in [-0.2, -0.15) is 0 Å². The standard InChI is InChI=1S/C17H17BrO2/c1-11-7-8-15(18)14(10-11)16(19)13-6-2-4-12-5-3-9-20-17(12)13/h2,4,6-8,10,16,19H,3,5,9H2,1H3. The van der Waals surface area contributed by atoms with Crippen LogP contribution >= 0.6 is 15.9 Å². The molecule has 1 heterocycles. The lowest BCUT2D eigenvalue weighted by Crippen LogP contribution is -2.13. The molecule has 0 aliphatic carbocycles. The Labute approximate surface area is 127 Å². The predicted octanol–water partition coefficient (Wildman–Crippen LogP) is 4.16. The van der Waals surface area contributed by atoms with E-state index in [9.17, 15) is 5.11 Å². The summed E-state index contributed by atoms with van der Waals surface area (Å²) in [5, 5.41) is 10.7. The monoisotopic (exact) mass is 332 g/mol. The Hall–Kier alpha value is -1.32. The largest absolute Gasteiger partial charge is 0.493 e. The van der Waals surface area contributed by atoms with Crippen LogP contribution in [0.1, 0.15) is 34.8 Å². The molecule has 1 aliphatic heterocycles. The Morgan fingerprint density at radius 1 is 1.20 bits per heavy atom. The highest BCUT2D eigenvalue weighted by atomic mass is 79.9. The lowest BCUT2D eigenvalue weighted by Gasteiger charge is -2.23. The molecule has 0 bridgehead atoms. The maximum absolute atomic E-state index is 10.7. The van der Waals surface area contributed by atoms with Crippen molar-refractivity contribution in [1.29, 1.82) is 0 Å². The van der Waals surface area contributed by atoms with Crippen molar-refractivity contribution in [3.63, 3.8) is 0 Å². The first-order valence-electron chi connectivity index (χ1n) is 6.85. The summed E-state index contributed by atoms with van der Waals surface area (Å²) in [5.74, 6) is 0.861. The number of hydrogen-bond donors (Lipinski definition) is 1. The predicted molar refractivity (Wildman–Crippen MR) is 83.2 cm³/mol. The van der Waals surface area contributed by atoms with Gasteiger partial charge in [-0.25, -0.2) is 0 Å². The molecule has 2 aromatic carbocycles. The van der Waals surface area contributed by atoms with Gasteiger partial charge in [0.05, 0.1) is 6.61 Å². The van der Waals surface area contributed by atoms with Crippen molar-refractivity contribution in [2.45, 2.75) is 25.9 Å². The molecule has 0 saturated heterocycles. The summed E-state index contributed by atoms with van der Waals surface area (Å²) in [6.07, 6.45) is 1.39. The summed E-state index contributed by atoms with van der Waals surface area (Å²) in [4.78, 5) is 0. The zero-order chi connectivity index (χ0) is 14.1. The molecule has 1 unspecified atom stereocenters. The number of aryl methyl sites for hydroxylation is 2. The average Bonchev–Trinajstić information content (AvgIpc) is 2.48. The Morgan fingerprint density at radius 2 is 2.05 bits per heavy atom. The number of ether oxygens (including phenoxy) is 1. The highest BCUT2D eigenvalue weighted by Gasteiger charge is 2.22. The third-order valence-corrected chi connectivity index (χ3v) is 4.43. The van der Waals surface area contributed by atoms with Crippen LogP contribution < -0.4 is 4.74 Å². The van der Waals surface area contributed by atoms with Gasteiger partial charge in [-0.05, 0) is 37.0 Å². The molecule has 3 rings (SSSR count). The van der Waals surface area contributed by atoms with Crippen molar-refractivity contribution in [3.8, 4) is 5.75 Å². The van der Waals surface area contributed by atoms with Crippen molar-refractivity contribution >= 4 is 15.9 Å². The molecule has 0 radical (unpaired) electrons. The molecule has 2 nitrogen and oxygen atoms in total. The van der Waals surface area contributed by atoms with E-state index in [2.05, 4.69) is 22.0 Å². The van der Waals surface area contributed by atoms with E-state index in [1.165, 1.54) is 5.56 Å². The molecule has 104 valence electrons. The first-order chi connectivity index (χ1) is 9.66. The maximum atomic E-state index is 10.7. The van der Waals surface area contributed by atoms with E-state index in [0.29, 0.717) is 0 Å². The Balaban J connectivity index is 2.06. The van der Waals surface area contributed by atoms with Crippen molar-refractivity contribution in [1.82, 2.24) is 0 Å². The van der Waals surface area contributed by atoms with Gasteiger partial charge in [0.25, 0.3) is 0 Å². The molecule has 1 atom stereocenters. The molecule has 0 spiro atoms. The number of fused-ring (bicyclic) bond motifs is 1. The van der Waals surface area contributed by atoms with Crippen LogP contribution in [0.3, 0.4) is 0 Å². The molecule has 2 aromatic rings. The second-order valence-corrected chi connectivity index (χ2v) is 6.07. The molecule has 20 heavy (non-hydrogen) atoms. The summed E-state index contributed by atoms with van der Waals surface area (Å²) >= 11 is 3.52. The van der Waals surface area contributed by atoms with Crippen LogP contribution in [-0.4, -0.2) is 11.7 Å². The van der Waals surface area contributed by atoms with Crippen LogP contribution in [0.25, 0.3) is 0 Å². The number of para-hydroxylation sites is 1. The summed E-state index contributed by atoms with van der Waals surface area (Å²) < 4.78 is 6.71. The molecule has 0 saturated carbocycles. The minimum atomic E-state index is -0.669. The highest BCUT2D eigenvalue weighted by molar-refractivity contribution is 9.10. The topological polar surface area (TPSA) is 29.5 Å². The Kier molecular flexibility index (Phi) is 3.81. The van der Waals surface area contributed by atoms with Gasteiger partial charge < -0.3 is 9.84 Å². The second-order valence-electron chi connectivity index (χ2n) is 5.22. The normalized spacial score (nSPS) is 15.3. The van der Waals surface area contributed by atoms with Crippen LogP contribution in [0.15, 0.2) is 40.9 Å². The second kappa shape index (κ2) is 5.58. The zero-order valence-electron chi connectivity index (χ0n) is 11.4. The number of halogens is 1. The molecule has 0 aromatic heterocycles. The third kappa shape index (κ3) is 2.48.